The van der Waals surface area contributed by atoms with Gasteiger partial charge in [-0.3, -0.25) is 4.79 Å². The highest BCUT2D eigenvalue weighted by atomic mass is 32.2. The van der Waals surface area contributed by atoms with E-state index in [-0.39, 0.29) is 26.0 Å². The number of allylic oxidation sites excluding steroid dienone is 1. The molecule has 0 heterocycles. The molecule has 0 saturated carbocycles. The first-order chi connectivity index (χ1) is 22.7. The van der Waals surface area contributed by atoms with Gasteiger partial charge in [0.05, 0.1) is 0 Å². The molecule has 0 amide bonds. The van der Waals surface area contributed by atoms with Crippen LogP contribution in [0, 0.1) is 0 Å². The van der Waals surface area contributed by atoms with E-state index < -0.39 is 64.7 Å². The first kappa shape index (κ1) is 33.7. The predicted molar refractivity (Wildman–Crippen MR) is 172 cm³/mol. The summed E-state index contributed by atoms with van der Waals surface area (Å²) in [6.07, 6.45) is 0.648. The molecule has 0 aliphatic rings. The molecular formula is C33H24O12S3. The first-order valence-corrected chi connectivity index (χ1v) is 17.9. The number of benzene rings is 5. The van der Waals surface area contributed by atoms with E-state index in [0.717, 1.165) is 12.1 Å². The van der Waals surface area contributed by atoms with Gasteiger partial charge < -0.3 is 22.8 Å². The van der Waals surface area contributed by atoms with Crippen molar-refractivity contribution in [2.45, 2.75) is 14.7 Å². The molecule has 0 aromatic heterocycles. The minimum Gasteiger partial charge on any atom is -0.507 e. The number of carbonyl (C=O) groups excluding carboxylic acids is 1. The van der Waals surface area contributed by atoms with Crippen LogP contribution in [0.3, 0.4) is 0 Å². The van der Waals surface area contributed by atoms with Crippen LogP contribution in [0.15, 0.2) is 148 Å². The van der Waals surface area contributed by atoms with Crippen LogP contribution in [0.5, 0.6) is 23.0 Å². The molecular weight excluding hydrogens is 685 g/mol. The van der Waals surface area contributed by atoms with Crippen molar-refractivity contribution in [3.8, 4) is 23.0 Å². The molecule has 0 radical (unpaired) electrons. The topological polar surface area (TPSA) is 188 Å². The van der Waals surface area contributed by atoms with Gasteiger partial charge >= 0.3 is 30.4 Å². The van der Waals surface area contributed by atoms with Crippen molar-refractivity contribution in [3.63, 3.8) is 0 Å². The van der Waals surface area contributed by atoms with Gasteiger partial charge in [-0.25, -0.2) is 0 Å². The SMILES string of the molecule is O=C(/C=C(\O)c1ccc(OS(=O)(=O)c2ccccc2)cc1)c1c(O)cc(OS(=O)(=O)c2ccccc2)cc1OS(=O)(=O)c1ccccc1. The Bertz CT molecular complexity index is 2310. The fourth-order valence-electron chi connectivity index (χ4n) is 4.18. The standard InChI is InChI=1S/C33H24O12S3/c34-29(23-16-18-24(19-17-23)43-46(37,38)26-10-4-1-5-11-26)22-31(36)33-30(35)20-25(44-47(39,40)27-12-6-2-7-13-27)21-32(33)45-48(41,42)28-14-8-3-9-15-28/h1-22,34-35H/b29-22-. The minimum atomic E-state index is -4.63. The van der Waals surface area contributed by atoms with Gasteiger partial charge in [0.15, 0.2) is 11.5 Å². The third-order valence-electron chi connectivity index (χ3n) is 6.43. The number of aliphatic hydroxyl groups excluding tert-OH is 1. The lowest BCUT2D eigenvalue weighted by atomic mass is 10.1. The first-order valence-electron chi connectivity index (χ1n) is 13.7. The summed E-state index contributed by atoms with van der Waals surface area (Å²) in [6, 6.07) is 27.7. The monoisotopic (exact) mass is 708 g/mol. The number of carbonyl (C=O) groups is 1. The molecule has 5 aromatic rings. The van der Waals surface area contributed by atoms with E-state index in [1.54, 1.807) is 18.2 Å². The van der Waals surface area contributed by atoms with Crippen molar-refractivity contribution in [2.75, 3.05) is 0 Å². The molecule has 5 rings (SSSR count). The van der Waals surface area contributed by atoms with Gasteiger partial charge in [-0.2, -0.15) is 25.3 Å². The normalized spacial score (nSPS) is 12.2. The highest BCUT2D eigenvalue weighted by molar-refractivity contribution is 7.87. The van der Waals surface area contributed by atoms with Crippen LogP contribution in [-0.4, -0.2) is 41.2 Å². The average Bonchev–Trinajstić information content (AvgIpc) is 3.05. The van der Waals surface area contributed by atoms with Crippen molar-refractivity contribution in [1.82, 2.24) is 0 Å². The molecule has 0 saturated heterocycles. The van der Waals surface area contributed by atoms with Gasteiger partial charge in [-0.05, 0) is 60.7 Å². The minimum absolute atomic E-state index is 0.0144. The van der Waals surface area contributed by atoms with E-state index in [1.165, 1.54) is 97.1 Å². The number of aliphatic hydroxyl groups is 1. The summed E-state index contributed by atoms with van der Waals surface area (Å²) in [4.78, 5) is 12.7. The summed E-state index contributed by atoms with van der Waals surface area (Å²) in [5.41, 5.74) is -0.736. The molecule has 246 valence electrons. The molecule has 0 atom stereocenters. The van der Waals surface area contributed by atoms with Crippen molar-refractivity contribution >= 4 is 41.9 Å². The fourth-order valence-corrected chi connectivity index (χ4v) is 7.02. The molecule has 0 spiro atoms. The van der Waals surface area contributed by atoms with Gasteiger partial charge in [0.2, 0.25) is 0 Å². The summed E-state index contributed by atoms with van der Waals surface area (Å²) in [7, 11) is -13.2. The summed E-state index contributed by atoms with van der Waals surface area (Å²) in [5.74, 6) is -4.23. The van der Waals surface area contributed by atoms with Crippen molar-refractivity contribution in [1.29, 1.82) is 0 Å². The Morgan fingerprint density at radius 2 is 0.958 bits per heavy atom. The number of aromatic hydroxyl groups is 1. The second-order valence-corrected chi connectivity index (χ2v) is 14.4. The highest BCUT2D eigenvalue weighted by Crippen LogP contribution is 2.37. The molecule has 48 heavy (non-hydrogen) atoms. The van der Waals surface area contributed by atoms with Crippen LogP contribution in [0.2, 0.25) is 0 Å². The van der Waals surface area contributed by atoms with E-state index in [1.807, 2.05) is 0 Å². The zero-order chi connectivity index (χ0) is 34.5. The van der Waals surface area contributed by atoms with Crippen molar-refractivity contribution < 1.29 is 52.8 Å². The van der Waals surface area contributed by atoms with E-state index in [2.05, 4.69) is 0 Å². The third kappa shape index (κ3) is 7.83. The van der Waals surface area contributed by atoms with E-state index in [9.17, 15) is 40.3 Å². The van der Waals surface area contributed by atoms with Crippen LogP contribution in [0.1, 0.15) is 15.9 Å². The number of hydrogen-bond acceptors (Lipinski definition) is 12. The molecule has 12 nitrogen and oxygen atoms in total. The van der Waals surface area contributed by atoms with E-state index in [0.29, 0.717) is 6.08 Å². The molecule has 5 aromatic carbocycles. The largest absolute Gasteiger partial charge is 0.507 e. The maximum atomic E-state index is 13.4. The van der Waals surface area contributed by atoms with Crippen LogP contribution in [0.25, 0.3) is 5.76 Å². The number of hydrogen-bond donors (Lipinski definition) is 2. The second kappa shape index (κ2) is 13.6. The summed E-state index contributed by atoms with van der Waals surface area (Å²) in [6.45, 7) is 0. The number of rotatable bonds is 12. The van der Waals surface area contributed by atoms with Gasteiger partial charge in [0.1, 0.15) is 43.3 Å². The maximum absolute atomic E-state index is 13.4. The van der Waals surface area contributed by atoms with E-state index in [4.69, 9.17) is 12.5 Å². The smallest absolute Gasteiger partial charge is 0.339 e. The number of ketones is 1. The molecule has 0 aliphatic heterocycles. The Kier molecular flexibility index (Phi) is 9.56. The maximum Gasteiger partial charge on any atom is 0.339 e. The van der Waals surface area contributed by atoms with Crippen LogP contribution < -0.4 is 12.5 Å². The lowest BCUT2D eigenvalue weighted by Gasteiger charge is -2.14. The van der Waals surface area contributed by atoms with Gasteiger partial charge in [0.25, 0.3) is 0 Å². The van der Waals surface area contributed by atoms with Crippen molar-refractivity contribution in [3.05, 3.63) is 145 Å². The lowest BCUT2D eigenvalue weighted by Crippen LogP contribution is -2.14. The van der Waals surface area contributed by atoms with E-state index >= 15 is 0 Å². The molecule has 0 unspecified atom stereocenters. The molecule has 0 fully saturated rings. The summed E-state index contributed by atoms with van der Waals surface area (Å²) < 4.78 is 92.2. The lowest BCUT2D eigenvalue weighted by molar-refractivity contribution is 0.104. The zero-order valence-corrected chi connectivity index (χ0v) is 26.9. The third-order valence-corrected chi connectivity index (χ3v) is 10.2. The number of phenols is 1. The predicted octanol–water partition coefficient (Wildman–Crippen LogP) is 5.48. The van der Waals surface area contributed by atoms with Crippen LogP contribution >= 0.6 is 0 Å². The highest BCUT2D eigenvalue weighted by Gasteiger charge is 2.27. The summed E-state index contributed by atoms with van der Waals surface area (Å²) in [5, 5.41) is 21.6. The molecule has 0 aliphatic carbocycles. The molecule has 2 N–H and O–H groups in total. The Morgan fingerprint density at radius 3 is 1.42 bits per heavy atom. The quantitative estimate of drug-likeness (QED) is 0.0721. The van der Waals surface area contributed by atoms with Gasteiger partial charge in [-0.15, -0.1) is 0 Å². The average molecular weight is 709 g/mol. The second-order valence-electron chi connectivity index (χ2n) is 9.79. The Morgan fingerprint density at radius 1 is 0.542 bits per heavy atom. The van der Waals surface area contributed by atoms with Crippen LogP contribution in [0.4, 0.5) is 0 Å². The fraction of sp³-hybridized carbons (Fsp3) is 0. The zero-order valence-electron chi connectivity index (χ0n) is 24.4. The Hall–Kier alpha value is -5.64. The van der Waals surface area contributed by atoms with Crippen molar-refractivity contribution in [2.24, 2.45) is 0 Å². The Balaban J connectivity index is 1.47. The summed E-state index contributed by atoms with van der Waals surface area (Å²) >= 11 is 0. The molecule has 0 bridgehead atoms. The number of phenolic OH excluding ortho intramolecular Hbond substituents is 1. The van der Waals surface area contributed by atoms with Gasteiger partial charge in [-0.1, -0.05) is 54.6 Å². The van der Waals surface area contributed by atoms with Gasteiger partial charge in [0, 0.05) is 23.8 Å². The molecule has 15 heteroatoms. The van der Waals surface area contributed by atoms with Crippen LogP contribution in [-0.2, 0) is 30.4 Å². The Labute approximate surface area is 276 Å².